The summed E-state index contributed by atoms with van der Waals surface area (Å²) in [5.74, 6) is -0.193. The van der Waals surface area contributed by atoms with Gasteiger partial charge in [-0.2, -0.15) is 0 Å². The standard InChI is InChI=1S/C22H26BrN3O2/c1-3-25(4-2)22(28)19-15-18(10-11-20(19)26-12-5-6-13-26)24-21(27)16-8-7-9-17(23)14-16/h7-11,14-15H,3-6,12-13H2,1-2H3,(H,24,27). The van der Waals surface area contributed by atoms with Crippen LogP contribution in [0, 0.1) is 0 Å². The molecule has 0 radical (unpaired) electrons. The summed E-state index contributed by atoms with van der Waals surface area (Å²) in [7, 11) is 0. The van der Waals surface area contributed by atoms with Crippen molar-refractivity contribution in [2.75, 3.05) is 36.4 Å². The summed E-state index contributed by atoms with van der Waals surface area (Å²) in [5.41, 5.74) is 2.80. The van der Waals surface area contributed by atoms with Crippen molar-refractivity contribution in [1.82, 2.24) is 4.90 Å². The van der Waals surface area contributed by atoms with E-state index in [9.17, 15) is 9.59 Å². The van der Waals surface area contributed by atoms with Gasteiger partial charge in [0.05, 0.1) is 5.56 Å². The molecule has 3 rings (SSSR count). The largest absolute Gasteiger partial charge is 0.371 e. The van der Waals surface area contributed by atoms with Crippen LogP contribution < -0.4 is 10.2 Å². The highest BCUT2D eigenvalue weighted by Gasteiger charge is 2.23. The Hall–Kier alpha value is -2.34. The van der Waals surface area contributed by atoms with Crippen molar-refractivity contribution in [2.45, 2.75) is 26.7 Å². The SMILES string of the molecule is CCN(CC)C(=O)c1cc(NC(=O)c2cccc(Br)c2)ccc1N1CCCC1. The summed E-state index contributed by atoms with van der Waals surface area (Å²) >= 11 is 3.39. The van der Waals surface area contributed by atoms with Gasteiger partial charge in [-0.15, -0.1) is 0 Å². The zero-order valence-corrected chi connectivity index (χ0v) is 18.0. The molecular weight excluding hydrogens is 418 g/mol. The number of carbonyl (C=O) groups is 2. The number of amides is 2. The van der Waals surface area contributed by atoms with Crippen LogP contribution in [0.15, 0.2) is 46.9 Å². The number of rotatable bonds is 6. The number of nitrogens with zero attached hydrogens (tertiary/aromatic N) is 2. The second kappa shape index (κ2) is 9.24. The summed E-state index contributed by atoms with van der Waals surface area (Å²) in [5, 5.41) is 2.92. The number of hydrogen-bond donors (Lipinski definition) is 1. The predicted molar refractivity (Wildman–Crippen MR) is 117 cm³/mol. The van der Waals surface area contributed by atoms with E-state index in [0.29, 0.717) is 29.9 Å². The predicted octanol–water partition coefficient (Wildman–Crippen LogP) is 4.78. The maximum absolute atomic E-state index is 13.1. The summed E-state index contributed by atoms with van der Waals surface area (Å²) < 4.78 is 0.849. The van der Waals surface area contributed by atoms with Crippen molar-refractivity contribution in [3.63, 3.8) is 0 Å². The van der Waals surface area contributed by atoms with E-state index < -0.39 is 0 Å². The molecule has 1 N–H and O–H groups in total. The van der Waals surface area contributed by atoms with E-state index >= 15 is 0 Å². The van der Waals surface area contributed by atoms with Crippen LogP contribution in [-0.2, 0) is 0 Å². The fraction of sp³-hybridized carbons (Fsp3) is 0.364. The maximum atomic E-state index is 13.1. The van der Waals surface area contributed by atoms with E-state index in [2.05, 4.69) is 26.1 Å². The molecule has 1 aliphatic heterocycles. The van der Waals surface area contributed by atoms with Gasteiger partial charge in [0.2, 0.25) is 0 Å². The van der Waals surface area contributed by atoms with E-state index in [1.54, 1.807) is 12.1 Å². The Morgan fingerprint density at radius 1 is 1.07 bits per heavy atom. The molecular formula is C22H26BrN3O2. The average molecular weight is 444 g/mol. The first kappa shape index (κ1) is 20.4. The third-order valence-electron chi connectivity index (χ3n) is 5.07. The van der Waals surface area contributed by atoms with E-state index in [0.717, 1.165) is 36.1 Å². The van der Waals surface area contributed by atoms with Crippen molar-refractivity contribution in [1.29, 1.82) is 0 Å². The number of hydrogen-bond acceptors (Lipinski definition) is 3. The fourth-order valence-electron chi connectivity index (χ4n) is 3.53. The van der Waals surface area contributed by atoms with Gasteiger partial charge >= 0.3 is 0 Å². The molecule has 0 saturated carbocycles. The highest BCUT2D eigenvalue weighted by molar-refractivity contribution is 9.10. The van der Waals surface area contributed by atoms with E-state index in [1.807, 2.05) is 49.1 Å². The van der Waals surface area contributed by atoms with Gasteiger partial charge < -0.3 is 15.1 Å². The Labute approximate surface area is 174 Å². The molecule has 2 aromatic rings. The smallest absolute Gasteiger partial charge is 0.256 e. The number of nitrogens with one attached hydrogen (secondary N) is 1. The molecule has 148 valence electrons. The van der Waals surface area contributed by atoms with Crippen molar-refractivity contribution in [3.05, 3.63) is 58.1 Å². The van der Waals surface area contributed by atoms with Crippen LogP contribution in [0.1, 0.15) is 47.4 Å². The summed E-state index contributed by atoms with van der Waals surface area (Å²) in [6.07, 6.45) is 2.28. The minimum atomic E-state index is -0.198. The summed E-state index contributed by atoms with van der Waals surface area (Å²) in [6.45, 7) is 7.20. The molecule has 0 aliphatic carbocycles. The molecule has 6 heteroatoms. The third-order valence-corrected chi connectivity index (χ3v) is 5.56. The first-order valence-corrected chi connectivity index (χ1v) is 10.6. The molecule has 0 spiro atoms. The fourth-order valence-corrected chi connectivity index (χ4v) is 3.93. The Balaban J connectivity index is 1.91. The van der Waals surface area contributed by atoms with Gasteiger partial charge in [-0.3, -0.25) is 9.59 Å². The number of halogens is 1. The van der Waals surface area contributed by atoms with Gasteiger partial charge in [-0.25, -0.2) is 0 Å². The molecule has 0 atom stereocenters. The Kier molecular flexibility index (Phi) is 6.73. The third kappa shape index (κ3) is 4.55. The Bertz CT molecular complexity index is 859. The normalized spacial score (nSPS) is 13.5. The van der Waals surface area contributed by atoms with Gasteiger partial charge in [-0.1, -0.05) is 22.0 Å². The molecule has 1 aliphatic rings. The quantitative estimate of drug-likeness (QED) is 0.698. The second-order valence-electron chi connectivity index (χ2n) is 6.87. The average Bonchev–Trinajstić information content (AvgIpc) is 3.23. The number of carbonyl (C=O) groups excluding carboxylic acids is 2. The lowest BCUT2D eigenvalue weighted by atomic mass is 10.1. The highest BCUT2D eigenvalue weighted by Crippen LogP contribution is 2.29. The molecule has 2 aromatic carbocycles. The van der Waals surface area contributed by atoms with Crippen molar-refractivity contribution in [2.24, 2.45) is 0 Å². The highest BCUT2D eigenvalue weighted by atomic mass is 79.9. The second-order valence-corrected chi connectivity index (χ2v) is 7.78. The van der Waals surface area contributed by atoms with Crippen molar-refractivity contribution < 1.29 is 9.59 Å². The topological polar surface area (TPSA) is 52.7 Å². The first-order chi connectivity index (χ1) is 13.5. The summed E-state index contributed by atoms with van der Waals surface area (Å²) in [4.78, 5) is 29.8. The zero-order chi connectivity index (χ0) is 20.1. The lowest BCUT2D eigenvalue weighted by Gasteiger charge is -2.25. The van der Waals surface area contributed by atoms with E-state index in [4.69, 9.17) is 0 Å². The molecule has 1 heterocycles. The molecule has 28 heavy (non-hydrogen) atoms. The van der Waals surface area contributed by atoms with Gasteiger partial charge in [-0.05, 0) is 63.1 Å². The summed E-state index contributed by atoms with van der Waals surface area (Å²) in [6, 6.07) is 12.9. The Morgan fingerprint density at radius 2 is 1.79 bits per heavy atom. The van der Waals surface area contributed by atoms with Crippen LogP contribution in [0.4, 0.5) is 11.4 Å². The lowest BCUT2D eigenvalue weighted by molar-refractivity contribution is 0.0773. The van der Waals surface area contributed by atoms with Crippen LogP contribution in [0.3, 0.4) is 0 Å². The minimum absolute atomic E-state index is 0.00505. The van der Waals surface area contributed by atoms with Gasteiger partial charge in [0.25, 0.3) is 11.8 Å². The van der Waals surface area contributed by atoms with Crippen molar-refractivity contribution >= 4 is 39.1 Å². The molecule has 1 saturated heterocycles. The van der Waals surface area contributed by atoms with Crippen LogP contribution in [0.25, 0.3) is 0 Å². The van der Waals surface area contributed by atoms with Crippen LogP contribution >= 0.6 is 15.9 Å². The van der Waals surface area contributed by atoms with Gasteiger partial charge in [0, 0.05) is 47.6 Å². The molecule has 2 amide bonds. The first-order valence-electron chi connectivity index (χ1n) is 9.78. The number of anilines is 2. The molecule has 0 aromatic heterocycles. The molecule has 5 nitrogen and oxygen atoms in total. The Morgan fingerprint density at radius 3 is 2.43 bits per heavy atom. The van der Waals surface area contributed by atoms with Crippen LogP contribution in [-0.4, -0.2) is 42.9 Å². The van der Waals surface area contributed by atoms with E-state index in [-0.39, 0.29) is 11.8 Å². The zero-order valence-electron chi connectivity index (χ0n) is 16.4. The van der Waals surface area contributed by atoms with Crippen molar-refractivity contribution in [3.8, 4) is 0 Å². The number of benzene rings is 2. The van der Waals surface area contributed by atoms with Crippen LogP contribution in [0.5, 0.6) is 0 Å². The van der Waals surface area contributed by atoms with Crippen LogP contribution in [0.2, 0.25) is 0 Å². The molecule has 0 bridgehead atoms. The van der Waals surface area contributed by atoms with Gasteiger partial charge in [0.1, 0.15) is 0 Å². The van der Waals surface area contributed by atoms with Gasteiger partial charge in [0.15, 0.2) is 0 Å². The minimum Gasteiger partial charge on any atom is -0.371 e. The molecule has 0 unspecified atom stereocenters. The maximum Gasteiger partial charge on any atom is 0.256 e. The monoisotopic (exact) mass is 443 g/mol. The lowest BCUT2D eigenvalue weighted by Crippen LogP contribution is -2.32. The molecule has 1 fully saturated rings. The van der Waals surface area contributed by atoms with E-state index in [1.165, 1.54) is 0 Å².